The molecular formula is C10H18N2O3. The highest BCUT2D eigenvalue weighted by Gasteiger charge is 2.38. The van der Waals surface area contributed by atoms with Gasteiger partial charge in [0.25, 0.3) is 0 Å². The van der Waals surface area contributed by atoms with Gasteiger partial charge in [-0.3, -0.25) is 9.69 Å². The number of hydrogen-bond donors (Lipinski definition) is 3. The van der Waals surface area contributed by atoms with Crippen LogP contribution in [0.3, 0.4) is 0 Å². The minimum Gasteiger partial charge on any atom is -0.480 e. The van der Waals surface area contributed by atoms with Crippen molar-refractivity contribution in [2.24, 2.45) is 0 Å². The molecule has 3 N–H and O–H groups in total. The lowest BCUT2D eigenvalue weighted by Crippen LogP contribution is -2.55. The van der Waals surface area contributed by atoms with Gasteiger partial charge in [0.15, 0.2) is 0 Å². The molecule has 15 heavy (non-hydrogen) atoms. The molecule has 5 heteroatoms. The quantitative estimate of drug-likeness (QED) is 0.564. The number of carbonyl (C=O) groups is 1. The number of likely N-dealkylation sites (tertiary alicyclic amines) is 1. The molecular weight excluding hydrogens is 196 g/mol. The van der Waals surface area contributed by atoms with Gasteiger partial charge in [0.2, 0.25) is 0 Å². The Hall–Kier alpha value is -0.650. The van der Waals surface area contributed by atoms with Crippen molar-refractivity contribution in [3.05, 3.63) is 0 Å². The van der Waals surface area contributed by atoms with Crippen LogP contribution in [-0.2, 0) is 4.79 Å². The van der Waals surface area contributed by atoms with E-state index >= 15 is 0 Å². The number of carboxylic acid groups (broad SMARTS) is 1. The second-order valence-electron chi connectivity index (χ2n) is 4.36. The summed E-state index contributed by atoms with van der Waals surface area (Å²) in [7, 11) is 0. The summed E-state index contributed by atoms with van der Waals surface area (Å²) in [6.45, 7) is 2.25. The summed E-state index contributed by atoms with van der Waals surface area (Å²) >= 11 is 0. The Kier molecular flexibility index (Phi) is 3.23. The molecule has 2 fully saturated rings. The third-order valence-electron chi connectivity index (χ3n) is 3.42. The summed E-state index contributed by atoms with van der Waals surface area (Å²) in [6.07, 6.45) is 2.04. The first-order valence-electron chi connectivity index (χ1n) is 5.57. The topological polar surface area (TPSA) is 72.8 Å². The monoisotopic (exact) mass is 214 g/mol. The average Bonchev–Trinajstić information content (AvgIpc) is 2.67. The van der Waals surface area contributed by atoms with Crippen LogP contribution < -0.4 is 5.32 Å². The zero-order valence-corrected chi connectivity index (χ0v) is 8.72. The number of aliphatic hydroxyl groups excluding tert-OH is 1. The van der Waals surface area contributed by atoms with Crippen molar-refractivity contribution in [2.75, 3.05) is 19.6 Å². The molecule has 2 rings (SSSR count). The van der Waals surface area contributed by atoms with Crippen LogP contribution in [0.5, 0.6) is 0 Å². The van der Waals surface area contributed by atoms with Crippen molar-refractivity contribution in [3.8, 4) is 0 Å². The zero-order chi connectivity index (χ0) is 10.8. The smallest absolute Gasteiger partial charge is 0.320 e. The summed E-state index contributed by atoms with van der Waals surface area (Å²) < 4.78 is 0. The van der Waals surface area contributed by atoms with Gasteiger partial charge in [-0.1, -0.05) is 0 Å². The molecule has 0 aromatic heterocycles. The van der Waals surface area contributed by atoms with Crippen LogP contribution in [-0.4, -0.2) is 58.9 Å². The van der Waals surface area contributed by atoms with Crippen molar-refractivity contribution >= 4 is 5.97 Å². The van der Waals surface area contributed by atoms with Crippen LogP contribution in [0.15, 0.2) is 0 Å². The number of hydrogen-bond acceptors (Lipinski definition) is 4. The lowest BCUT2D eigenvalue weighted by atomic mass is 10.0. The van der Waals surface area contributed by atoms with E-state index in [-0.39, 0.29) is 12.1 Å². The van der Waals surface area contributed by atoms with E-state index in [0.29, 0.717) is 13.0 Å². The number of piperidine rings is 1. The second kappa shape index (κ2) is 4.47. The second-order valence-corrected chi connectivity index (χ2v) is 4.36. The fourth-order valence-corrected chi connectivity index (χ4v) is 2.67. The van der Waals surface area contributed by atoms with E-state index in [9.17, 15) is 9.90 Å². The number of aliphatic carboxylic acids is 1. The first-order valence-corrected chi connectivity index (χ1v) is 5.57. The standard InChI is InChI=1S/C10H18N2O3/c13-9-6-11-4-3-7(9)12-5-1-2-8(12)10(14)15/h7-9,11,13H,1-6H2,(H,14,15). The Bertz CT molecular complexity index is 247. The van der Waals surface area contributed by atoms with Crippen molar-refractivity contribution in [2.45, 2.75) is 37.5 Å². The van der Waals surface area contributed by atoms with Crippen molar-refractivity contribution in [1.82, 2.24) is 10.2 Å². The number of nitrogens with one attached hydrogen (secondary N) is 1. The van der Waals surface area contributed by atoms with Gasteiger partial charge in [-0.15, -0.1) is 0 Å². The maximum absolute atomic E-state index is 11.0. The predicted octanol–water partition coefficient (Wildman–Crippen LogP) is -0.742. The summed E-state index contributed by atoms with van der Waals surface area (Å²) in [6, 6.07) is -0.363. The molecule has 0 radical (unpaired) electrons. The molecule has 0 amide bonds. The fraction of sp³-hybridized carbons (Fsp3) is 0.900. The van der Waals surface area contributed by atoms with Gasteiger partial charge in [-0.25, -0.2) is 0 Å². The Morgan fingerprint density at radius 1 is 1.40 bits per heavy atom. The van der Waals surface area contributed by atoms with E-state index in [1.165, 1.54) is 0 Å². The van der Waals surface area contributed by atoms with E-state index in [4.69, 9.17) is 5.11 Å². The van der Waals surface area contributed by atoms with Crippen molar-refractivity contribution < 1.29 is 15.0 Å². The van der Waals surface area contributed by atoms with Crippen LogP contribution in [0.1, 0.15) is 19.3 Å². The minimum atomic E-state index is -0.752. The number of carboxylic acids is 1. The highest BCUT2D eigenvalue weighted by molar-refractivity contribution is 5.73. The van der Waals surface area contributed by atoms with E-state index in [1.807, 2.05) is 4.90 Å². The van der Waals surface area contributed by atoms with Gasteiger partial charge in [-0.2, -0.15) is 0 Å². The average molecular weight is 214 g/mol. The van der Waals surface area contributed by atoms with Crippen molar-refractivity contribution in [1.29, 1.82) is 0 Å². The molecule has 2 aliphatic rings. The summed E-state index contributed by atoms with van der Waals surface area (Å²) in [5.74, 6) is -0.752. The van der Waals surface area contributed by atoms with Crippen LogP contribution >= 0.6 is 0 Å². The lowest BCUT2D eigenvalue weighted by Gasteiger charge is -2.37. The van der Waals surface area contributed by atoms with E-state index in [0.717, 1.165) is 25.9 Å². The SMILES string of the molecule is O=C(O)C1CCCN1C1CCNCC1O. The summed E-state index contributed by atoms with van der Waals surface area (Å²) in [5, 5.41) is 22.0. The molecule has 2 heterocycles. The van der Waals surface area contributed by atoms with Crippen molar-refractivity contribution in [3.63, 3.8) is 0 Å². The van der Waals surface area contributed by atoms with Gasteiger partial charge >= 0.3 is 5.97 Å². The molecule has 5 nitrogen and oxygen atoms in total. The molecule has 0 saturated carbocycles. The number of aliphatic hydroxyl groups is 1. The maximum atomic E-state index is 11.0. The Labute approximate surface area is 89.1 Å². The number of nitrogens with zero attached hydrogens (tertiary/aromatic N) is 1. The number of β-amino-alcohol motifs (C(OH)–C–C–N with tert-alkyl or cyclic N) is 1. The molecule has 3 atom stereocenters. The van der Waals surface area contributed by atoms with Gasteiger partial charge in [0, 0.05) is 12.6 Å². The molecule has 2 aliphatic heterocycles. The molecule has 3 unspecified atom stereocenters. The van der Waals surface area contributed by atoms with E-state index < -0.39 is 12.1 Å². The molecule has 0 aromatic rings. The summed E-state index contributed by atoms with van der Waals surface area (Å²) in [5.41, 5.74) is 0. The minimum absolute atomic E-state index is 0.0230. The zero-order valence-electron chi connectivity index (χ0n) is 8.72. The molecule has 86 valence electrons. The third-order valence-corrected chi connectivity index (χ3v) is 3.42. The fourth-order valence-electron chi connectivity index (χ4n) is 2.67. The Morgan fingerprint density at radius 3 is 2.87 bits per heavy atom. The maximum Gasteiger partial charge on any atom is 0.320 e. The van der Waals surface area contributed by atoms with Gasteiger partial charge < -0.3 is 15.5 Å². The van der Waals surface area contributed by atoms with Crippen LogP contribution in [0, 0.1) is 0 Å². The van der Waals surface area contributed by atoms with Gasteiger partial charge in [0.05, 0.1) is 6.10 Å². The third kappa shape index (κ3) is 2.14. The molecule has 0 bridgehead atoms. The lowest BCUT2D eigenvalue weighted by molar-refractivity contribution is -0.144. The largest absolute Gasteiger partial charge is 0.480 e. The van der Waals surface area contributed by atoms with Gasteiger partial charge in [0.1, 0.15) is 6.04 Å². The molecule has 2 saturated heterocycles. The molecule has 0 aliphatic carbocycles. The predicted molar refractivity (Wildman–Crippen MR) is 54.6 cm³/mol. The summed E-state index contributed by atoms with van der Waals surface area (Å²) in [4.78, 5) is 13.0. The molecule has 0 aromatic carbocycles. The Balaban J connectivity index is 2.04. The molecule has 0 spiro atoms. The highest BCUT2D eigenvalue weighted by atomic mass is 16.4. The Morgan fingerprint density at radius 2 is 2.20 bits per heavy atom. The van der Waals surface area contributed by atoms with Crippen LogP contribution in [0.4, 0.5) is 0 Å². The first kappa shape index (κ1) is 10.9. The van der Waals surface area contributed by atoms with Crippen LogP contribution in [0.2, 0.25) is 0 Å². The highest BCUT2D eigenvalue weighted by Crippen LogP contribution is 2.24. The van der Waals surface area contributed by atoms with E-state index in [1.54, 1.807) is 0 Å². The van der Waals surface area contributed by atoms with E-state index in [2.05, 4.69) is 5.32 Å². The number of rotatable bonds is 2. The van der Waals surface area contributed by atoms with Crippen LogP contribution in [0.25, 0.3) is 0 Å². The van der Waals surface area contributed by atoms with Gasteiger partial charge in [-0.05, 0) is 32.4 Å². The normalized spacial score (nSPS) is 38.1. The first-order chi connectivity index (χ1) is 7.20.